The van der Waals surface area contributed by atoms with E-state index in [9.17, 15) is 18.8 Å². The average molecular weight is 654 g/mol. The lowest BCUT2D eigenvalue weighted by molar-refractivity contribution is -0.169. The van der Waals surface area contributed by atoms with Gasteiger partial charge in [-0.2, -0.15) is 0 Å². The van der Waals surface area contributed by atoms with Crippen molar-refractivity contribution in [1.29, 1.82) is 0 Å². The number of hydrogen-bond acceptors (Lipinski definition) is 9. The van der Waals surface area contributed by atoms with E-state index in [0.717, 1.165) is 32.1 Å². The van der Waals surface area contributed by atoms with Crippen LogP contribution >= 0.6 is 11.6 Å². The molecule has 0 bridgehead atoms. The minimum Gasteiger partial charge on any atom is -0.491 e. The standard InChI is InChI=1S/C34H37ClFN3O7/c1-22(45-34(42)46-26-9-5-4-6-10-26)44-32(40)15-16-43-31-12-8-7-11-30(31)39(3)33(41)23-13-14-29(35)27(18-23)28-21-38-25(19-36)17-24(28)20-37-2/h7-8,11-14,17-18,20-22,26H,4-6,9-10,15-16,19H2,1-3H3. The fraction of sp³-hybridized carbons (Fsp3) is 0.382. The first kappa shape index (κ1) is 34.4. The third kappa shape index (κ3) is 9.26. The van der Waals surface area contributed by atoms with Crippen LogP contribution in [-0.4, -0.2) is 62.3 Å². The monoisotopic (exact) mass is 653 g/mol. The number of esters is 1. The highest BCUT2D eigenvalue weighted by Crippen LogP contribution is 2.33. The number of nitrogens with zero attached hydrogens (tertiary/aromatic N) is 3. The smallest absolute Gasteiger partial charge is 0.491 e. The van der Waals surface area contributed by atoms with Crippen LogP contribution in [0.25, 0.3) is 11.1 Å². The molecule has 0 saturated heterocycles. The molecule has 1 aliphatic carbocycles. The lowest BCUT2D eigenvalue weighted by Gasteiger charge is -2.22. The summed E-state index contributed by atoms with van der Waals surface area (Å²) in [6, 6.07) is 13.3. The highest BCUT2D eigenvalue weighted by atomic mass is 35.5. The van der Waals surface area contributed by atoms with Gasteiger partial charge in [0.15, 0.2) is 0 Å². The molecule has 0 N–H and O–H groups in total. The summed E-state index contributed by atoms with van der Waals surface area (Å²) in [7, 11) is 3.20. The summed E-state index contributed by atoms with van der Waals surface area (Å²) >= 11 is 6.52. The van der Waals surface area contributed by atoms with Gasteiger partial charge in [-0.15, -0.1) is 0 Å². The van der Waals surface area contributed by atoms with E-state index >= 15 is 0 Å². The van der Waals surface area contributed by atoms with Crippen molar-refractivity contribution >= 4 is 41.5 Å². The summed E-state index contributed by atoms with van der Waals surface area (Å²) in [6.07, 6.45) is 5.54. The molecule has 1 aromatic heterocycles. The fourth-order valence-corrected chi connectivity index (χ4v) is 5.30. The number of alkyl halides is 1. The largest absolute Gasteiger partial charge is 0.511 e. The van der Waals surface area contributed by atoms with Gasteiger partial charge in [-0.3, -0.25) is 19.6 Å². The molecule has 0 radical (unpaired) electrons. The second-order valence-corrected chi connectivity index (χ2v) is 11.1. The Balaban J connectivity index is 1.37. The van der Waals surface area contributed by atoms with E-state index in [1.807, 2.05) is 0 Å². The van der Waals surface area contributed by atoms with Crippen molar-refractivity contribution in [3.63, 3.8) is 0 Å². The zero-order valence-corrected chi connectivity index (χ0v) is 26.8. The third-order valence-electron chi connectivity index (χ3n) is 7.37. The Morgan fingerprint density at radius 3 is 2.59 bits per heavy atom. The van der Waals surface area contributed by atoms with Crippen LogP contribution in [0, 0.1) is 0 Å². The number of halogens is 2. The maximum Gasteiger partial charge on any atom is 0.511 e. The zero-order valence-electron chi connectivity index (χ0n) is 26.0. The number of amides is 1. The number of aliphatic imine (C=N–C) groups is 1. The van der Waals surface area contributed by atoms with Crippen molar-refractivity contribution in [3.05, 3.63) is 76.6 Å². The zero-order chi connectivity index (χ0) is 33.1. The number of rotatable bonds is 12. The Kier molecular flexibility index (Phi) is 12.5. The SMILES string of the molecule is CN=Cc1cc(CF)ncc1-c1cc(C(=O)N(C)c2ccccc2OCCC(=O)OC(C)OC(=O)OC2CCCCC2)ccc1Cl. The number of aromatic nitrogens is 1. The quantitative estimate of drug-likeness (QED) is 0.113. The molecule has 1 fully saturated rings. The molecular weight excluding hydrogens is 617 g/mol. The molecule has 1 heterocycles. The molecule has 3 aromatic rings. The first-order valence-electron chi connectivity index (χ1n) is 15.0. The van der Waals surface area contributed by atoms with Crippen LogP contribution in [0.5, 0.6) is 5.75 Å². The first-order valence-corrected chi connectivity index (χ1v) is 15.4. The van der Waals surface area contributed by atoms with Crippen molar-refractivity contribution in [2.75, 3.05) is 25.6 Å². The minimum atomic E-state index is -1.12. The van der Waals surface area contributed by atoms with Crippen LogP contribution in [0.15, 0.2) is 59.7 Å². The van der Waals surface area contributed by atoms with Crippen molar-refractivity contribution in [2.24, 2.45) is 4.99 Å². The van der Waals surface area contributed by atoms with Gasteiger partial charge in [0, 0.05) is 60.7 Å². The number of pyridine rings is 1. The number of anilines is 1. The second-order valence-electron chi connectivity index (χ2n) is 10.7. The van der Waals surface area contributed by atoms with E-state index < -0.39 is 25.1 Å². The molecular formula is C34H37ClFN3O7. The van der Waals surface area contributed by atoms with Crippen molar-refractivity contribution in [3.8, 4) is 16.9 Å². The highest BCUT2D eigenvalue weighted by Gasteiger charge is 2.23. The molecule has 1 atom stereocenters. The molecule has 244 valence electrons. The maximum absolute atomic E-state index is 13.6. The molecule has 0 spiro atoms. The number of carbonyl (C=O) groups excluding carboxylic acids is 3. The Labute approximate surface area is 272 Å². The van der Waals surface area contributed by atoms with E-state index in [1.54, 1.807) is 68.8 Å². The van der Waals surface area contributed by atoms with Gasteiger partial charge in [0.2, 0.25) is 6.29 Å². The van der Waals surface area contributed by atoms with E-state index in [1.165, 1.54) is 18.0 Å². The van der Waals surface area contributed by atoms with Crippen LogP contribution in [-0.2, 0) is 25.7 Å². The number of para-hydroxylation sites is 2. The van der Waals surface area contributed by atoms with Crippen LogP contribution in [0.3, 0.4) is 0 Å². The lowest BCUT2D eigenvalue weighted by atomic mass is 9.98. The molecule has 10 nitrogen and oxygen atoms in total. The van der Waals surface area contributed by atoms with E-state index in [4.69, 9.17) is 30.5 Å². The van der Waals surface area contributed by atoms with Gasteiger partial charge in [-0.25, -0.2) is 9.18 Å². The van der Waals surface area contributed by atoms with Crippen molar-refractivity contribution in [2.45, 2.75) is 64.5 Å². The summed E-state index contributed by atoms with van der Waals surface area (Å²) in [5, 5.41) is 0.385. The molecule has 1 unspecified atom stereocenters. The van der Waals surface area contributed by atoms with Crippen LogP contribution in [0.2, 0.25) is 5.02 Å². The summed E-state index contributed by atoms with van der Waals surface area (Å²) < 4.78 is 34.6. The molecule has 0 aliphatic heterocycles. The minimum absolute atomic E-state index is 0.0498. The topological polar surface area (TPSA) is 117 Å². The van der Waals surface area contributed by atoms with Gasteiger partial charge in [0.25, 0.3) is 5.91 Å². The van der Waals surface area contributed by atoms with E-state index in [0.29, 0.717) is 38.7 Å². The molecule has 1 saturated carbocycles. The first-order chi connectivity index (χ1) is 22.2. The average Bonchev–Trinajstić information content (AvgIpc) is 3.05. The number of hydrogen-bond donors (Lipinski definition) is 0. The van der Waals surface area contributed by atoms with Crippen LogP contribution in [0.4, 0.5) is 14.9 Å². The van der Waals surface area contributed by atoms with Gasteiger partial charge in [0.05, 0.1) is 24.4 Å². The lowest BCUT2D eigenvalue weighted by Crippen LogP contribution is -2.27. The number of carbonyl (C=O) groups is 3. The summed E-state index contributed by atoms with van der Waals surface area (Å²) in [5.74, 6) is -0.609. The predicted molar refractivity (Wildman–Crippen MR) is 172 cm³/mol. The number of benzene rings is 2. The summed E-state index contributed by atoms with van der Waals surface area (Å²) in [5.41, 5.74) is 2.81. The Hall–Kier alpha value is -4.51. The maximum atomic E-state index is 13.6. The molecule has 2 aromatic carbocycles. The van der Waals surface area contributed by atoms with Crippen LogP contribution in [0.1, 0.15) is 67.1 Å². The fourth-order valence-electron chi connectivity index (χ4n) is 5.08. The Morgan fingerprint density at radius 2 is 1.85 bits per heavy atom. The van der Waals surface area contributed by atoms with Gasteiger partial charge in [0.1, 0.15) is 18.5 Å². The van der Waals surface area contributed by atoms with Gasteiger partial charge in [-0.05, 0) is 62.1 Å². The second kappa shape index (κ2) is 16.7. The van der Waals surface area contributed by atoms with Crippen LogP contribution < -0.4 is 9.64 Å². The number of ether oxygens (including phenoxy) is 4. The molecule has 1 aliphatic rings. The molecule has 4 rings (SSSR count). The van der Waals surface area contributed by atoms with E-state index in [-0.39, 0.29) is 30.7 Å². The van der Waals surface area contributed by atoms with Gasteiger partial charge >= 0.3 is 12.1 Å². The Morgan fingerprint density at radius 1 is 1.09 bits per heavy atom. The third-order valence-corrected chi connectivity index (χ3v) is 7.70. The molecule has 46 heavy (non-hydrogen) atoms. The van der Waals surface area contributed by atoms with Crippen molar-refractivity contribution in [1.82, 2.24) is 4.98 Å². The molecule has 12 heteroatoms. The van der Waals surface area contributed by atoms with Crippen molar-refractivity contribution < 1.29 is 37.7 Å². The predicted octanol–water partition coefficient (Wildman–Crippen LogP) is 7.34. The summed E-state index contributed by atoms with van der Waals surface area (Å²) in [6.45, 7) is 0.660. The van der Waals surface area contributed by atoms with E-state index in [2.05, 4.69) is 9.98 Å². The Bertz CT molecular complexity index is 1560. The normalized spacial score (nSPS) is 14.0. The highest BCUT2D eigenvalue weighted by molar-refractivity contribution is 6.33. The van der Waals surface area contributed by atoms with Gasteiger partial charge < -0.3 is 23.8 Å². The summed E-state index contributed by atoms with van der Waals surface area (Å²) in [4.78, 5) is 47.6. The van der Waals surface area contributed by atoms with Gasteiger partial charge in [-0.1, -0.05) is 30.2 Å². The molecule has 1 amide bonds.